The van der Waals surface area contributed by atoms with Crippen molar-refractivity contribution >= 4 is 33.3 Å². The molecule has 0 spiro atoms. The van der Waals surface area contributed by atoms with E-state index in [0.29, 0.717) is 17.1 Å². The zero-order valence-corrected chi connectivity index (χ0v) is 16.0. The Labute approximate surface area is 147 Å². The summed E-state index contributed by atoms with van der Waals surface area (Å²) in [4.78, 5) is 21.9. The molecular weight excluding hydrogens is 344 g/mol. The number of aromatic nitrogens is 6. The van der Waals surface area contributed by atoms with E-state index >= 15 is 0 Å². The summed E-state index contributed by atoms with van der Waals surface area (Å²) in [5, 5.41) is 13.2. The number of aromatic amines is 1. The SMILES string of the molecule is Cc1sc2nc(C(C)Sc3nnnn3CC(C)C)[nH]c(=O)c2c1C. The summed E-state index contributed by atoms with van der Waals surface area (Å²) in [6.07, 6.45) is 0. The van der Waals surface area contributed by atoms with Crippen LogP contribution in [-0.2, 0) is 6.54 Å². The molecule has 3 aromatic heterocycles. The molecular formula is C15H20N6OS2. The predicted molar refractivity (Wildman–Crippen MR) is 96.6 cm³/mol. The molecule has 0 aliphatic heterocycles. The van der Waals surface area contributed by atoms with Gasteiger partial charge in [-0.05, 0) is 42.7 Å². The highest BCUT2D eigenvalue weighted by atomic mass is 32.2. The Morgan fingerprint density at radius 1 is 1.29 bits per heavy atom. The molecule has 1 atom stereocenters. The van der Waals surface area contributed by atoms with Crippen LogP contribution < -0.4 is 5.56 Å². The second-order valence-corrected chi connectivity index (χ2v) is 8.72. The van der Waals surface area contributed by atoms with Crippen LogP contribution in [0.4, 0.5) is 0 Å². The summed E-state index contributed by atoms with van der Waals surface area (Å²) in [7, 11) is 0. The lowest BCUT2D eigenvalue weighted by Crippen LogP contribution is -2.13. The van der Waals surface area contributed by atoms with Gasteiger partial charge in [0.25, 0.3) is 5.56 Å². The van der Waals surface area contributed by atoms with Crippen molar-refractivity contribution in [1.82, 2.24) is 30.2 Å². The van der Waals surface area contributed by atoms with Gasteiger partial charge in [-0.3, -0.25) is 4.79 Å². The number of hydrogen-bond donors (Lipinski definition) is 1. The zero-order valence-electron chi connectivity index (χ0n) is 14.3. The maximum Gasteiger partial charge on any atom is 0.259 e. The van der Waals surface area contributed by atoms with E-state index < -0.39 is 0 Å². The standard InChI is InChI=1S/C15H20N6OS2/c1-7(2)6-21-15(18-19-20-21)24-10(5)12-16-13(22)11-8(3)9(4)23-14(11)17-12/h7,10H,6H2,1-5H3,(H,16,17,22). The smallest absolute Gasteiger partial charge is 0.259 e. The molecule has 1 N–H and O–H groups in total. The van der Waals surface area contributed by atoms with Crippen LogP contribution in [0.5, 0.6) is 0 Å². The van der Waals surface area contributed by atoms with Crippen LogP contribution in [0.2, 0.25) is 0 Å². The van der Waals surface area contributed by atoms with Gasteiger partial charge in [-0.15, -0.1) is 16.4 Å². The first-order valence-electron chi connectivity index (χ1n) is 7.79. The second-order valence-electron chi connectivity index (χ2n) is 6.21. The number of rotatable bonds is 5. The van der Waals surface area contributed by atoms with Crippen LogP contribution in [-0.4, -0.2) is 30.2 Å². The summed E-state index contributed by atoms with van der Waals surface area (Å²) >= 11 is 3.06. The topological polar surface area (TPSA) is 89.3 Å². The van der Waals surface area contributed by atoms with E-state index in [1.807, 2.05) is 20.8 Å². The maximum absolute atomic E-state index is 12.4. The van der Waals surface area contributed by atoms with Crippen molar-refractivity contribution in [2.75, 3.05) is 0 Å². The molecule has 0 aliphatic carbocycles. The largest absolute Gasteiger partial charge is 0.309 e. The minimum atomic E-state index is -0.0777. The summed E-state index contributed by atoms with van der Waals surface area (Å²) in [5.74, 6) is 1.10. The van der Waals surface area contributed by atoms with E-state index in [-0.39, 0.29) is 10.8 Å². The predicted octanol–water partition coefficient (Wildman–Crippen LogP) is 3.10. The van der Waals surface area contributed by atoms with Crippen LogP contribution in [0.25, 0.3) is 10.2 Å². The number of hydrogen-bond acceptors (Lipinski definition) is 7. The second kappa shape index (κ2) is 6.64. The van der Waals surface area contributed by atoms with E-state index in [2.05, 4.69) is 39.3 Å². The molecule has 0 aliphatic rings. The number of H-pyrrole nitrogens is 1. The van der Waals surface area contributed by atoms with Crippen molar-refractivity contribution in [3.63, 3.8) is 0 Å². The van der Waals surface area contributed by atoms with E-state index in [1.165, 1.54) is 11.8 Å². The van der Waals surface area contributed by atoms with Gasteiger partial charge in [-0.25, -0.2) is 9.67 Å². The molecule has 1 unspecified atom stereocenters. The lowest BCUT2D eigenvalue weighted by molar-refractivity contribution is 0.445. The average Bonchev–Trinajstić information content (AvgIpc) is 3.03. The van der Waals surface area contributed by atoms with Crippen molar-refractivity contribution in [3.05, 3.63) is 26.6 Å². The minimum Gasteiger partial charge on any atom is -0.309 e. The normalized spacial score (nSPS) is 13.1. The summed E-state index contributed by atoms with van der Waals surface area (Å²) in [5.41, 5.74) is 0.933. The van der Waals surface area contributed by atoms with Crippen molar-refractivity contribution in [2.24, 2.45) is 5.92 Å². The highest BCUT2D eigenvalue weighted by Gasteiger charge is 2.19. The number of thioether (sulfide) groups is 1. The molecule has 0 saturated heterocycles. The molecule has 9 heteroatoms. The van der Waals surface area contributed by atoms with Crippen LogP contribution in [0.3, 0.4) is 0 Å². The Balaban J connectivity index is 1.91. The van der Waals surface area contributed by atoms with Gasteiger partial charge in [0.05, 0.1) is 10.6 Å². The Hall–Kier alpha value is -1.74. The molecule has 0 fully saturated rings. The van der Waals surface area contributed by atoms with Crippen molar-refractivity contribution in [1.29, 1.82) is 0 Å². The Morgan fingerprint density at radius 3 is 2.75 bits per heavy atom. The highest BCUT2D eigenvalue weighted by molar-refractivity contribution is 7.99. The van der Waals surface area contributed by atoms with Gasteiger partial charge in [0.2, 0.25) is 5.16 Å². The van der Waals surface area contributed by atoms with Gasteiger partial charge >= 0.3 is 0 Å². The van der Waals surface area contributed by atoms with Crippen LogP contribution in [0, 0.1) is 19.8 Å². The fourth-order valence-electron chi connectivity index (χ4n) is 2.42. The third kappa shape index (κ3) is 3.23. The molecule has 3 aromatic rings. The average molecular weight is 365 g/mol. The van der Waals surface area contributed by atoms with Gasteiger partial charge in [-0.1, -0.05) is 25.6 Å². The molecule has 7 nitrogen and oxygen atoms in total. The van der Waals surface area contributed by atoms with Gasteiger partial charge in [0.1, 0.15) is 10.7 Å². The first-order chi connectivity index (χ1) is 11.4. The molecule has 0 bridgehead atoms. The zero-order chi connectivity index (χ0) is 17.4. The Kier molecular flexibility index (Phi) is 4.73. The van der Waals surface area contributed by atoms with E-state index in [9.17, 15) is 4.79 Å². The van der Waals surface area contributed by atoms with Crippen molar-refractivity contribution in [3.8, 4) is 0 Å². The molecule has 24 heavy (non-hydrogen) atoms. The van der Waals surface area contributed by atoms with Crippen LogP contribution >= 0.6 is 23.1 Å². The van der Waals surface area contributed by atoms with Crippen molar-refractivity contribution < 1.29 is 0 Å². The van der Waals surface area contributed by atoms with E-state index in [0.717, 1.165) is 27.0 Å². The molecule has 0 radical (unpaired) electrons. The van der Waals surface area contributed by atoms with Gasteiger partial charge in [0.15, 0.2) is 0 Å². The summed E-state index contributed by atoms with van der Waals surface area (Å²) in [6.45, 7) is 11.0. The first-order valence-corrected chi connectivity index (χ1v) is 9.49. The highest BCUT2D eigenvalue weighted by Crippen LogP contribution is 2.33. The number of tetrazole rings is 1. The minimum absolute atomic E-state index is 0.0540. The Morgan fingerprint density at radius 2 is 2.04 bits per heavy atom. The molecule has 3 heterocycles. The van der Waals surface area contributed by atoms with E-state index in [1.54, 1.807) is 16.0 Å². The van der Waals surface area contributed by atoms with Gasteiger partial charge < -0.3 is 4.98 Å². The first kappa shape index (κ1) is 17.1. The monoisotopic (exact) mass is 364 g/mol. The summed E-state index contributed by atoms with van der Waals surface area (Å²) in [6, 6.07) is 0. The number of nitrogens with one attached hydrogen (secondary N) is 1. The summed E-state index contributed by atoms with van der Waals surface area (Å²) < 4.78 is 1.79. The fourth-order valence-corrected chi connectivity index (χ4v) is 4.31. The van der Waals surface area contributed by atoms with Crippen LogP contribution in [0.1, 0.15) is 42.3 Å². The quantitative estimate of drug-likeness (QED) is 0.700. The van der Waals surface area contributed by atoms with Gasteiger partial charge in [0, 0.05) is 11.4 Å². The Bertz CT molecular complexity index is 926. The van der Waals surface area contributed by atoms with Crippen LogP contribution in [0.15, 0.2) is 9.95 Å². The van der Waals surface area contributed by atoms with Crippen molar-refractivity contribution in [2.45, 2.75) is 51.6 Å². The number of thiophene rings is 1. The van der Waals surface area contributed by atoms with Gasteiger partial charge in [-0.2, -0.15) is 0 Å². The molecule has 3 rings (SSSR count). The number of nitrogens with zero attached hydrogens (tertiary/aromatic N) is 5. The fraction of sp³-hybridized carbons (Fsp3) is 0.533. The maximum atomic E-state index is 12.4. The number of aryl methyl sites for hydroxylation is 2. The molecule has 0 saturated carbocycles. The molecule has 0 amide bonds. The molecule has 128 valence electrons. The van der Waals surface area contributed by atoms with E-state index in [4.69, 9.17) is 0 Å². The third-order valence-electron chi connectivity index (χ3n) is 3.76. The third-order valence-corrected chi connectivity index (χ3v) is 5.94. The number of fused-ring (bicyclic) bond motifs is 1. The molecule has 0 aromatic carbocycles. The lowest BCUT2D eigenvalue weighted by atomic mass is 10.2. The lowest BCUT2D eigenvalue weighted by Gasteiger charge is -2.11.